The first-order chi connectivity index (χ1) is 31.3. The van der Waals surface area contributed by atoms with E-state index in [0.717, 1.165) is 0 Å². The molecule has 0 nitrogen and oxygen atoms in total. The fourth-order valence-corrected chi connectivity index (χ4v) is 10.4. The predicted molar refractivity (Wildman–Crippen MR) is 288 cm³/mol. The van der Waals surface area contributed by atoms with Crippen molar-refractivity contribution >= 4 is 199 Å². The third-order valence-corrected chi connectivity index (χ3v) is 12.7. The van der Waals surface area contributed by atoms with Crippen molar-refractivity contribution in [3.8, 4) is 0 Å². The van der Waals surface area contributed by atoms with Crippen LogP contribution in [0.3, 0.4) is 0 Å². The first kappa shape index (κ1) is 41.2. The molecule has 0 unspecified atom stereocenters. The Morgan fingerprint density at radius 3 is 0.703 bits per heavy atom. The second-order valence-electron chi connectivity index (χ2n) is 16.0. The van der Waals surface area contributed by atoms with Gasteiger partial charge in [0.25, 0.3) is 0 Å². The molecule has 308 valence electrons. The summed E-state index contributed by atoms with van der Waals surface area (Å²) in [6.07, 6.45) is 0. The molecule has 64 heavy (non-hydrogen) atoms. The number of halogens is 6. The molecule has 0 atom stereocenters. The summed E-state index contributed by atoms with van der Waals surface area (Å²) >= 11 is 28.8. The van der Waals surface area contributed by atoms with Crippen LogP contribution in [0.1, 0.15) is 0 Å². The van der Waals surface area contributed by atoms with Crippen molar-refractivity contribution in [2.45, 2.75) is 8.59 Å². The standard InChI is InChI=1S/C56H32.2CHCl3/c1-3-15-35-33(13-1)29-49-41-21-9-11-23-43(41)51-31-53(49)55(35)47-27-25-45(37-17-5-7-19-39(37)47)52-32-54-50(42-22-10-12-24-44(42)52)30-34-14-2-4-16-36(34)56(54)48-28-26-46(51)38-18-6-8-20-40(38)48;2*2-1(3)4/h1-32H;2*1H. The van der Waals surface area contributed by atoms with Gasteiger partial charge in [0.05, 0.1) is 0 Å². The van der Waals surface area contributed by atoms with E-state index in [1.54, 1.807) is 0 Å². The lowest BCUT2D eigenvalue weighted by atomic mass is 9.87. The molecule has 0 saturated heterocycles. The topological polar surface area (TPSA) is 0 Å². The smallest absolute Gasteiger partial charge is 0.0874 e. The predicted octanol–water partition coefficient (Wildman–Crippen LogP) is 20.1. The van der Waals surface area contributed by atoms with Gasteiger partial charge in [-0.1, -0.05) is 239 Å². The summed E-state index contributed by atoms with van der Waals surface area (Å²) < 4.78 is -1.50. The summed E-state index contributed by atoms with van der Waals surface area (Å²) in [4.78, 5) is 0. The largest absolute Gasteiger partial charge is 0.180 e. The first-order valence-corrected chi connectivity index (χ1v) is 23.5. The summed E-state index contributed by atoms with van der Waals surface area (Å²) in [5.41, 5.74) is 0. The Morgan fingerprint density at radius 1 is 0.188 bits per heavy atom. The number of rotatable bonds is 0. The number of fused-ring (bicyclic) bond motifs is 8. The van der Waals surface area contributed by atoms with Gasteiger partial charge in [0.1, 0.15) is 0 Å². The molecule has 0 aliphatic carbocycles. The van der Waals surface area contributed by atoms with Crippen LogP contribution in [0.4, 0.5) is 0 Å². The van der Waals surface area contributed by atoms with Crippen LogP contribution in [-0.4, -0.2) is 8.59 Å². The van der Waals surface area contributed by atoms with Gasteiger partial charge in [-0.15, -0.1) is 0 Å². The highest BCUT2D eigenvalue weighted by molar-refractivity contribution is 6.63. The molecule has 0 saturated carbocycles. The second-order valence-corrected chi connectivity index (χ2v) is 19.9. The van der Waals surface area contributed by atoms with Crippen molar-refractivity contribution in [2.24, 2.45) is 0 Å². The van der Waals surface area contributed by atoms with Crippen molar-refractivity contribution in [3.63, 3.8) is 0 Å². The zero-order valence-electron chi connectivity index (χ0n) is 33.9. The molecule has 0 N–H and O–H groups in total. The molecule has 0 amide bonds. The summed E-state index contributed by atoms with van der Waals surface area (Å²) in [5.74, 6) is 0. The van der Waals surface area contributed by atoms with Gasteiger partial charge in [0, 0.05) is 0 Å². The highest BCUT2D eigenvalue weighted by Crippen LogP contribution is 2.45. The third kappa shape index (κ3) is 6.92. The van der Waals surface area contributed by atoms with Crippen LogP contribution in [0, 0.1) is 0 Å². The molecule has 0 radical (unpaired) electrons. The molecule has 0 fully saturated rings. The van der Waals surface area contributed by atoms with E-state index in [-0.39, 0.29) is 0 Å². The maximum Gasteiger partial charge on any atom is 0.180 e. The van der Waals surface area contributed by atoms with Crippen LogP contribution in [0.15, 0.2) is 194 Å². The average molecular weight is 944 g/mol. The highest BCUT2D eigenvalue weighted by Gasteiger charge is 2.17. The molecule has 0 aliphatic heterocycles. The molecule has 6 heteroatoms. The zero-order chi connectivity index (χ0) is 43.6. The van der Waals surface area contributed by atoms with Crippen molar-refractivity contribution in [3.05, 3.63) is 194 Å². The average Bonchev–Trinajstić information content (AvgIpc) is 3.31. The molecular formula is C58H34Cl6. The molecule has 0 spiro atoms. The van der Waals surface area contributed by atoms with Crippen LogP contribution < -0.4 is 0 Å². The maximum atomic E-state index is 4.81. The lowest BCUT2D eigenvalue weighted by Crippen LogP contribution is -1.88. The van der Waals surface area contributed by atoms with Crippen molar-refractivity contribution in [2.75, 3.05) is 0 Å². The zero-order valence-corrected chi connectivity index (χ0v) is 38.4. The molecular weight excluding hydrogens is 909 g/mol. The quantitative estimate of drug-likeness (QED) is 0.0807. The Hall–Kier alpha value is -5.54. The second kappa shape index (κ2) is 16.8. The monoisotopic (exact) mass is 940 g/mol. The lowest BCUT2D eigenvalue weighted by Gasteiger charge is -2.16. The lowest BCUT2D eigenvalue weighted by molar-refractivity contribution is 1.79. The van der Waals surface area contributed by atoms with Crippen LogP contribution in [-0.2, 0) is 0 Å². The summed E-state index contributed by atoms with van der Waals surface area (Å²) in [5, 5.41) is 30.5. The highest BCUT2D eigenvalue weighted by atomic mass is 35.6. The van der Waals surface area contributed by atoms with Gasteiger partial charge in [-0.05, 0) is 154 Å². The molecule has 13 rings (SSSR count). The third-order valence-electron chi connectivity index (χ3n) is 12.7. The van der Waals surface area contributed by atoms with Crippen LogP contribution in [0.25, 0.3) is 129 Å². The van der Waals surface area contributed by atoms with Crippen LogP contribution in [0.2, 0.25) is 0 Å². The van der Waals surface area contributed by atoms with Crippen molar-refractivity contribution in [1.82, 2.24) is 0 Å². The number of hydrogen-bond donors (Lipinski definition) is 0. The van der Waals surface area contributed by atoms with Gasteiger partial charge in [0.15, 0.2) is 8.59 Å². The Bertz CT molecular complexity index is 3790. The van der Waals surface area contributed by atoms with Gasteiger partial charge in [-0.2, -0.15) is 0 Å². The van der Waals surface area contributed by atoms with Crippen LogP contribution in [0.5, 0.6) is 0 Å². The Labute approximate surface area is 398 Å². The molecule has 12 bridgehead atoms. The molecule has 0 aliphatic rings. The fourth-order valence-electron chi connectivity index (χ4n) is 10.4. The summed E-state index contributed by atoms with van der Waals surface area (Å²) in [6.45, 7) is 0. The minimum absolute atomic E-state index is 0.750. The Balaban J connectivity index is 0.000000530. The van der Waals surface area contributed by atoms with Gasteiger partial charge < -0.3 is 0 Å². The van der Waals surface area contributed by atoms with E-state index in [1.165, 1.54) is 129 Å². The van der Waals surface area contributed by atoms with E-state index in [9.17, 15) is 0 Å². The maximum absolute atomic E-state index is 4.81. The van der Waals surface area contributed by atoms with Gasteiger partial charge in [0.2, 0.25) is 0 Å². The molecule has 0 heterocycles. The first-order valence-electron chi connectivity index (χ1n) is 20.9. The Morgan fingerprint density at radius 2 is 0.391 bits per heavy atom. The van der Waals surface area contributed by atoms with Gasteiger partial charge in [-0.25, -0.2) is 0 Å². The molecule has 0 aromatic heterocycles. The summed E-state index contributed by atoms with van der Waals surface area (Å²) in [6, 6.07) is 73.5. The number of benzene rings is 12. The van der Waals surface area contributed by atoms with E-state index in [0.29, 0.717) is 0 Å². The fraction of sp³-hybridized carbons (Fsp3) is 0.0345. The minimum atomic E-state index is -0.750. The van der Waals surface area contributed by atoms with Crippen molar-refractivity contribution < 1.29 is 0 Å². The van der Waals surface area contributed by atoms with E-state index in [4.69, 9.17) is 69.6 Å². The Kier molecular flexibility index (Phi) is 10.8. The number of hydrogen-bond acceptors (Lipinski definition) is 0. The normalized spacial score (nSPS) is 11.9. The van der Waals surface area contributed by atoms with Gasteiger partial charge >= 0.3 is 0 Å². The SMILES string of the molecule is ClC(Cl)Cl.ClC(Cl)Cl.c1ccc2c(c1)cc1c3ccccc3c3cc1c2c1ccc(c2cc4c(cc5ccccc5c4c4ccc3c3ccccc34)c3ccccc23)c2ccccc21. The van der Waals surface area contributed by atoms with E-state index in [1.807, 2.05) is 0 Å². The van der Waals surface area contributed by atoms with E-state index in [2.05, 4.69) is 194 Å². The molecule has 13 aromatic carbocycles. The van der Waals surface area contributed by atoms with Crippen LogP contribution >= 0.6 is 69.6 Å². The number of alkyl halides is 6. The van der Waals surface area contributed by atoms with E-state index < -0.39 is 8.59 Å². The van der Waals surface area contributed by atoms with Crippen molar-refractivity contribution in [1.29, 1.82) is 0 Å². The molecule has 13 aromatic rings. The van der Waals surface area contributed by atoms with E-state index >= 15 is 0 Å². The summed E-state index contributed by atoms with van der Waals surface area (Å²) in [7, 11) is 0. The van der Waals surface area contributed by atoms with Gasteiger partial charge in [-0.3, -0.25) is 0 Å². The minimum Gasteiger partial charge on any atom is -0.0874 e.